The predicted octanol–water partition coefficient (Wildman–Crippen LogP) is 3.08. The second-order valence-electron chi connectivity index (χ2n) is 6.53. The fourth-order valence-electron chi connectivity index (χ4n) is 3.56. The van der Waals surface area contributed by atoms with Crippen molar-refractivity contribution in [2.75, 3.05) is 25.1 Å². The van der Waals surface area contributed by atoms with E-state index in [2.05, 4.69) is 5.32 Å². The van der Waals surface area contributed by atoms with Gasteiger partial charge in [0.1, 0.15) is 5.75 Å². The zero-order valence-corrected chi connectivity index (χ0v) is 15.3. The molecular formula is C21H21N3O3. The van der Waals surface area contributed by atoms with Crippen molar-refractivity contribution in [2.24, 2.45) is 0 Å². The molecule has 0 aliphatic carbocycles. The van der Waals surface area contributed by atoms with Gasteiger partial charge in [-0.2, -0.15) is 0 Å². The van der Waals surface area contributed by atoms with Crippen LogP contribution in [0.25, 0.3) is 0 Å². The molecule has 0 saturated carbocycles. The van der Waals surface area contributed by atoms with Crippen LogP contribution in [0.4, 0.5) is 10.5 Å². The highest BCUT2D eigenvalue weighted by Crippen LogP contribution is 2.37. The number of ether oxygens (including phenoxy) is 1. The molecule has 0 fully saturated rings. The van der Waals surface area contributed by atoms with Gasteiger partial charge in [0.2, 0.25) is 0 Å². The lowest BCUT2D eigenvalue weighted by Crippen LogP contribution is -2.45. The average Bonchev–Trinajstić information content (AvgIpc) is 3.04. The van der Waals surface area contributed by atoms with Crippen LogP contribution in [-0.2, 0) is 4.79 Å². The lowest BCUT2D eigenvalue weighted by Gasteiger charge is -2.31. The Balaban J connectivity index is 1.68. The van der Waals surface area contributed by atoms with Crippen molar-refractivity contribution in [1.82, 2.24) is 10.2 Å². The monoisotopic (exact) mass is 363 g/mol. The Kier molecular flexibility index (Phi) is 4.32. The van der Waals surface area contributed by atoms with Crippen LogP contribution in [0.5, 0.6) is 5.75 Å². The molecule has 2 aliphatic rings. The van der Waals surface area contributed by atoms with Crippen LogP contribution in [0.2, 0.25) is 0 Å². The molecule has 0 bridgehead atoms. The van der Waals surface area contributed by atoms with E-state index < -0.39 is 6.04 Å². The van der Waals surface area contributed by atoms with Gasteiger partial charge in [-0.1, -0.05) is 30.3 Å². The Morgan fingerprint density at radius 1 is 1.07 bits per heavy atom. The molecule has 2 aromatic rings. The number of carbonyl (C=O) groups excluding carboxylic acids is 2. The van der Waals surface area contributed by atoms with E-state index in [4.69, 9.17) is 4.74 Å². The Bertz CT molecular complexity index is 906. The Morgan fingerprint density at radius 3 is 2.44 bits per heavy atom. The number of nitrogens with zero attached hydrogens (tertiary/aromatic N) is 2. The first kappa shape index (κ1) is 17.1. The maximum Gasteiger partial charge on any atom is 0.322 e. The summed E-state index contributed by atoms with van der Waals surface area (Å²) in [5.74, 6) is 0.677. The van der Waals surface area contributed by atoms with Crippen LogP contribution in [-0.4, -0.2) is 37.0 Å². The first-order valence-electron chi connectivity index (χ1n) is 8.97. The number of carbonyl (C=O) groups is 2. The van der Waals surface area contributed by atoms with Crippen molar-refractivity contribution in [3.05, 3.63) is 71.4 Å². The Labute approximate surface area is 158 Å². The summed E-state index contributed by atoms with van der Waals surface area (Å²) in [6.45, 7) is 2.89. The van der Waals surface area contributed by atoms with E-state index in [-0.39, 0.29) is 11.9 Å². The Morgan fingerprint density at radius 2 is 1.78 bits per heavy atom. The van der Waals surface area contributed by atoms with E-state index >= 15 is 0 Å². The molecule has 3 amide bonds. The van der Waals surface area contributed by atoms with E-state index in [9.17, 15) is 9.59 Å². The molecule has 0 radical (unpaired) electrons. The first-order chi connectivity index (χ1) is 13.1. The summed E-state index contributed by atoms with van der Waals surface area (Å²) in [5, 5.41) is 2.94. The van der Waals surface area contributed by atoms with Gasteiger partial charge in [-0.25, -0.2) is 4.79 Å². The van der Waals surface area contributed by atoms with Gasteiger partial charge in [-0.05, 0) is 36.8 Å². The van der Waals surface area contributed by atoms with E-state index in [1.54, 1.807) is 11.9 Å². The first-order valence-corrected chi connectivity index (χ1v) is 8.97. The number of likely N-dealkylation sites (N-methyl/N-ethyl adjacent to an activating group) is 1. The summed E-state index contributed by atoms with van der Waals surface area (Å²) in [6.07, 6.45) is 0. The fourth-order valence-corrected chi connectivity index (χ4v) is 3.56. The van der Waals surface area contributed by atoms with Crippen LogP contribution in [0.3, 0.4) is 0 Å². The smallest absolute Gasteiger partial charge is 0.322 e. The van der Waals surface area contributed by atoms with E-state index in [0.29, 0.717) is 18.7 Å². The summed E-state index contributed by atoms with van der Waals surface area (Å²) in [4.78, 5) is 28.9. The van der Waals surface area contributed by atoms with Gasteiger partial charge in [0.25, 0.3) is 5.91 Å². The second kappa shape index (κ2) is 6.79. The lowest BCUT2D eigenvalue weighted by atomic mass is 9.96. The Hall–Kier alpha value is -3.28. The molecule has 2 aromatic carbocycles. The summed E-state index contributed by atoms with van der Waals surface area (Å²) >= 11 is 0. The SMILES string of the molecule is CCOc1ccc(N2CC3=C(C2=O)[C@H](c2ccccc2)NC(=O)N3C)cc1. The third-order valence-electron chi connectivity index (χ3n) is 4.95. The summed E-state index contributed by atoms with van der Waals surface area (Å²) < 4.78 is 5.47. The van der Waals surface area contributed by atoms with E-state index in [1.165, 1.54) is 4.90 Å². The van der Waals surface area contributed by atoms with Crippen molar-refractivity contribution >= 4 is 17.6 Å². The maximum atomic E-state index is 13.2. The maximum absolute atomic E-state index is 13.2. The van der Waals surface area contributed by atoms with Crippen molar-refractivity contribution in [1.29, 1.82) is 0 Å². The van der Waals surface area contributed by atoms with Crippen LogP contribution in [0, 0.1) is 0 Å². The fraction of sp³-hybridized carbons (Fsp3) is 0.238. The molecular weight excluding hydrogens is 342 g/mol. The number of nitrogens with one attached hydrogen (secondary N) is 1. The van der Waals surface area contributed by atoms with Gasteiger partial charge < -0.3 is 15.0 Å². The minimum atomic E-state index is -0.440. The second-order valence-corrected chi connectivity index (χ2v) is 6.53. The third kappa shape index (κ3) is 2.93. The van der Waals surface area contributed by atoms with E-state index in [0.717, 1.165) is 22.7 Å². The number of hydrogen-bond donors (Lipinski definition) is 1. The molecule has 2 aliphatic heterocycles. The largest absolute Gasteiger partial charge is 0.494 e. The number of anilines is 1. The zero-order chi connectivity index (χ0) is 19.0. The molecule has 4 rings (SSSR count). The normalized spacial score (nSPS) is 19.3. The van der Waals surface area contributed by atoms with Crippen molar-refractivity contribution in [2.45, 2.75) is 13.0 Å². The predicted molar refractivity (Wildman–Crippen MR) is 102 cm³/mol. The van der Waals surface area contributed by atoms with Gasteiger partial charge in [-0.3, -0.25) is 9.69 Å². The summed E-state index contributed by atoms with van der Waals surface area (Å²) in [7, 11) is 1.70. The van der Waals surface area contributed by atoms with Gasteiger partial charge in [0.05, 0.1) is 30.5 Å². The highest BCUT2D eigenvalue weighted by atomic mass is 16.5. The van der Waals surface area contributed by atoms with Crippen LogP contribution < -0.4 is 15.0 Å². The third-order valence-corrected chi connectivity index (χ3v) is 4.95. The topological polar surface area (TPSA) is 61.9 Å². The number of benzene rings is 2. The molecule has 1 atom stereocenters. The quantitative estimate of drug-likeness (QED) is 0.908. The lowest BCUT2D eigenvalue weighted by molar-refractivity contribution is -0.114. The number of rotatable bonds is 4. The minimum Gasteiger partial charge on any atom is -0.494 e. The molecule has 0 unspecified atom stereocenters. The summed E-state index contributed by atoms with van der Waals surface area (Å²) in [5.41, 5.74) is 3.04. The van der Waals surface area contributed by atoms with E-state index in [1.807, 2.05) is 61.5 Å². The molecule has 6 heteroatoms. The van der Waals surface area contributed by atoms with Crippen molar-refractivity contribution < 1.29 is 14.3 Å². The number of amides is 3. The molecule has 1 N–H and O–H groups in total. The van der Waals surface area contributed by atoms with Crippen LogP contribution in [0.15, 0.2) is 65.9 Å². The molecule has 0 spiro atoms. The van der Waals surface area contributed by atoms with Crippen molar-refractivity contribution in [3.63, 3.8) is 0 Å². The van der Waals surface area contributed by atoms with Crippen LogP contribution in [0.1, 0.15) is 18.5 Å². The molecule has 0 saturated heterocycles. The molecule has 0 aromatic heterocycles. The van der Waals surface area contributed by atoms with Gasteiger partial charge in [-0.15, -0.1) is 0 Å². The number of urea groups is 1. The summed E-state index contributed by atoms with van der Waals surface area (Å²) in [6, 6.07) is 16.4. The van der Waals surface area contributed by atoms with Crippen LogP contribution >= 0.6 is 0 Å². The van der Waals surface area contributed by atoms with Gasteiger partial charge in [0.15, 0.2) is 0 Å². The zero-order valence-electron chi connectivity index (χ0n) is 15.3. The molecule has 6 nitrogen and oxygen atoms in total. The highest BCUT2D eigenvalue weighted by molar-refractivity contribution is 6.11. The van der Waals surface area contributed by atoms with Gasteiger partial charge in [0, 0.05) is 12.7 Å². The average molecular weight is 363 g/mol. The number of hydrogen-bond acceptors (Lipinski definition) is 3. The molecule has 2 heterocycles. The molecule has 27 heavy (non-hydrogen) atoms. The van der Waals surface area contributed by atoms with Gasteiger partial charge >= 0.3 is 6.03 Å². The minimum absolute atomic E-state index is 0.0881. The standard InChI is InChI=1S/C21H21N3O3/c1-3-27-16-11-9-15(10-12-16)24-13-17-18(20(24)25)19(22-21(26)23(17)2)14-7-5-4-6-8-14/h4-12,19H,3,13H2,1-2H3,(H,22,26)/t19-/m0/s1. The van der Waals surface area contributed by atoms with Crippen molar-refractivity contribution in [3.8, 4) is 5.75 Å². The highest BCUT2D eigenvalue weighted by Gasteiger charge is 2.43. The molecule has 138 valence electrons.